The van der Waals surface area contributed by atoms with Crippen LogP contribution < -0.4 is 9.80 Å². The van der Waals surface area contributed by atoms with Crippen molar-refractivity contribution in [1.29, 1.82) is 0 Å². The first-order chi connectivity index (χ1) is 15.5. The van der Waals surface area contributed by atoms with E-state index in [1.54, 1.807) is 23.4 Å². The lowest BCUT2D eigenvalue weighted by Crippen LogP contribution is -2.60. The standard InChI is InChI=1S/C23H20FN5O3/c1-23(11-4-12-31-23)29-17-6-3-2-5-16(17)28-13-25-18(19(28)22(29)30)21-26-20(27-32-21)14-7-9-15(24)10-8-14/h2-3,5-10,13,18-19H,4,11-12H2,1H3. The van der Waals surface area contributed by atoms with Gasteiger partial charge in [-0.25, -0.2) is 4.39 Å². The zero-order chi connectivity index (χ0) is 21.9. The molecule has 0 radical (unpaired) electrons. The van der Waals surface area contributed by atoms with E-state index in [0.717, 1.165) is 24.2 Å². The second-order valence-electron chi connectivity index (χ2n) is 8.31. The van der Waals surface area contributed by atoms with Gasteiger partial charge >= 0.3 is 0 Å². The van der Waals surface area contributed by atoms with Gasteiger partial charge in [-0.05, 0) is 56.2 Å². The number of carbonyl (C=O) groups is 1. The van der Waals surface area contributed by atoms with Crippen molar-refractivity contribution in [1.82, 2.24) is 10.1 Å². The predicted octanol–water partition coefficient (Wildman–Crippen LogP) is 3.71. The summed E-state index contributed by atoms with van der Waals surface area (Å²) in [6, 6.07) is 12.2. The van der Waals surface area contributed by atoms with Gasteiger partial charge in [-0.15, -0.1) is 0 Å². The lowest BCUT2D eigenvalue weighted by Gasteiger charge is -2.45. The molecule has 8 nitrogen and oxygen atoms in total. The van der Waals surface area contributed by atoms with E-state index in [0.29, 0.717) is 18.0 Å². The Labute approximate surface area is 183 Å². The predicted molar refractivity (Wildman–Crippen MR) is 115 cm³/mol. The number of benzene rings is 2. The molecule has 162 valence electrons. The van der Waals surface area contributed by atoms with E-state index >= 15 is 0 Å². The number of fused-ring (bicyclic) bond motifs is 3. The number of ether oxygens (including phenoxy) is 1. The van der Waals surface area contributed by atoms with Crippen LogP contribution >= 0.6 is 0 Å². The Balaban J connectivity index is 1.39. The van der Waals surface area contributed by atoms with Crippen molar-refractivity contribution in [2.45, 2.75) is 37.6 Å². The zero-order valence-corrected chi connectivity index (χ0v) is 17.3. The Bertz CT molecular complexity index is 1220. The highest BCUT2D eigenvalue weighted by Crippen LogP contribution is 2.47. The van der Waals surface area contributed by atoms with Crippen molar-refractivity contribution in [2.24, 2.45) is 4.99 Å². The molecular weight excluding hydrogens is 413 g/mol. The quantitative estimate of drug-likeness (QED) is 0.626. The maximum atomic E-state index is 13.9. The molecular formula is C23H20FN5O3. The Kier molecular flexibility index (Phi) is 4.16. The third-order valence-electron chi connectivity index (χ3n) is 6.29. The largest absolute Gasteiger partial charge is 0.355 e. The van der Waals surface area contributed by atoms with Crippen molar-refractivity contribution >= 4 is 23.6 Å². The summed E-state index contributed by atoms with van der Waals surface area (Å²) in [6.45, 7) is 2.57. The van der Waals surface area contributed by atoms with Crippen LogP contribution in [-0.2, 0) is 9.53 Å². The molecule has 1 aromatic heterocycles. The number of halogens is 1. The lowest BCUT2D eigenvalue weighted by molar-refractivity contribution is -0.125. The molecule has 1 saturated heterocycles. The average molecular weight is 433 g/mol. The van der Waals surface area contributed by atoms with Crippen LogP contribution in [0.2, 0.25) is 0 Å². The minimum atomic E-state index is -0.722. The zero-order valence-electron chi connectivity index (χ0n) is 17.3. The Morgan fingerprint density at radius 2 is 1.91 bits per heavy atom. The van der Waals surface area contributed by atoms with Crippen LogP contribution in [0.5, 0.6) is 0 Å². The normalized spacial score (nSPS) is 26.5. The van der Waals surface area contributed by atoms with Crippen LogP contribution in [0.25, 0.3) is 11.4 Å². The molecule has 1 fully saturated rings. The van der Waals surface area contributed by atoms with E-state index in [-0.39, 0.29) is 17.6 Å². The summed E-state index contributed by atoms with van der Waals surface area (Å²) < 4.78 is 24.8. The number of hydrogen-bond donors (Lipinski definition) is 0. The second kappa shape index (κ2) is 6.96. The third-order valence-corrected chi connectivity index (χ3v) is 6.29. The maximum absolute atomic E-state index is 13.9. The number of aromatic nitrogens is 2. The van der Waals surface area contributed by atoms with Crippen LogP contribution in [0.4, 0.5) is 15.8 Å². The molecule has 9 heteroatoms. The van der Waals surface area contributed by atoms with Gasteiger partial charge < -0.3 is 14.2 Å². The van der Waals surface area contributed by atoms with Gasteiger partial charge in [-0.1, -0.05) is 17.3 Å². The fraction of sp³-hybridized carbons (Fsp3) is 0.304. The number of nitrogens with zero attached hydrogens (tertiary/aromatic N) is 5. The van der Waals surface area contributed by atoms with Gasteiger partial charge in [0.05, 0.1) is 17.7 Å². The third kappa shape index (κ3) is 2.77. The van der Waals surface area contributed by atoms with Gasteiger partial charge in [-0.3, -0.25) is 14.7 Å². The van der Waals surface area contributed by atoms with Crippen molar-refractivity contribution in [3.8, 4) is 11.4 Å². The molecule has 3 aliphatic rings. The number of anilines is 2. The fourth-order valence-electron chi connectivity index (χ4n) is 4.74. The summed E-state index contributed by atoms with van der Waals surface area (Å²) in [5.74, 6) is 0.0818. The number of aliphatic imine (C=N–C) groups is 1. The maximum Gasteiger partial charge on any atom is 0.255 e. The van der Waals surface area contributed by atoms with Gasteiger partial charge in [0.25, 0.3) is 11.8 Å². The van der Waals surface area contributed by atoms with Crippen LogP contribution in [0.1, 0.15) is 31.7 Å². The summed E-state index contributed by atoms with van der Waals surface area (Å²) in [5.41, 5.74) is 1.57. The Hall–Kier alpha value is -3.59. The molecule has 3 aliphatic heterocycles. The first-order valence-electron chi connectivity index (χ1n) is 10.5. The minimum Gasteiger partial charge on any atom is -0.355 e. The van der Waals surface area contributed by atoms with E-state index in [1.807, 2.05) is 36.1 Å². The molecule has 0 N–H and O–H groups in total. The van der Waals surface area contributed by atoms with Crippen molar-refractivity contribution in [3.63, 3.8) is 0 Å². The summed E-state index contributed by atoms with van der Waals surface area (Å²) in [6.07, 6.45) is 3.30. The number of rotatable bonds is 3. The molecule has 3 aromatic rings. The highest BCUT2D eigenvalue weighted by Gasteiger charge is 2.53. The summed E-state index contributed by atoms with van der Waals surface area (Å²) in [4.78, 5) is 26.5. The highest BCUT2D eigenvalue weighted by atomic mass is 19.1. The molecule has 0 bridgehead atoms. The Morgan fingerprint density at radius 3 is 2.66 bits per heavy atom. The number of amides is 1. The van der Waals surface area contributed by atoms with Crippen LogP contribution in [0, 0.1) is 5.82 Å². The summed E-state index contributed by atoms with van der Waals surface area (Å²) in [7, 11) is 0. The average Bonchev–Trinajstić information content (AvgIpc) is 3.54. The summed E-state index contributed by atoms with van der Waals surface area (Å²) in [5, 5.41) is 4.03. The van der Waals surface area contributed by atoms with Gasteiger partial charge in [0, 0.05) is 12.2 Å². The number of carbonyl (C=O) groups excluding carboxylic acids is 1. The SMILES string of the molecule is CC1(N2C(=O)C3C(c4nc(-c5ccc(F)cc5)no4)N=CN3c3ccccc32)CCCO1. The molecule has 0 spiro atoms. The molecule has 32 heavy (non-hydrogen) atoms. The van der Waals surface area contributed by atoms with Crippen molar-refractivity contribution in [2.75, 3.05) is 16.4 Å². The molecule has 1 amide bonds. The van der Waals surface area contributed by atoms with E-state index in [9.17, 15) is 9.18 Å². The van der Waals surface area contributed by atoms with Crippen molar-refractivity contribution in [3.05, 3.63) is 60.2 Å². The first kappa shape index (κ1) is 19.1. The summed E-state index contributed by atoms with van der Waals surface area (Å²) >= 11 is 0. The van der Waals surface area contributed by atoms with Crippen LogP contribution in [0.3, 0.4) is 0 Å². The number of para-hydroxylation sites is 2. The molecule has 2 aromatic carbocycles. The van der Waals surface area contributed by atoms with Crippen molar-refractivity contribution < 1.29 is 18.4 Å². The van der Waals surface area contributed by atoms with Gasteiger partial charge in [0.1, 0.15) is 17.6 Å². The molecule has 4 heterocycles. The topological polar surface area (TPSA) is 84.1 Å². The molecule has 3 atom stereocenters. The molecule has 6 rings (SSSR count). The highest BCUT2D eigenvalue weighted by molar-refractivity contribution is 6.12. The minimum absolute atomic E-state index is 0.128. The van der Waals surface area contributed by atoms with Crippen LogP contribution in [-0.4, -0.2) is 40.8 Å². The smallest absolute Gasteiger partial charge is 0.255 e. The molecule has 0 aliphatic carbocycles. The van der Waals surface area contributed by atoms with E-state index < -0.39 is 17.8 Å². The fourth-order valence-corrected chi connectivity index (χ4v) is 4.74. The Morgan fingerprint density at radius 1 is 1.12 bits per heavy atom. The second-order valence-corrected chi connectivity index (χ2v) is 8.31. The first-order valence-corrected chi connectivity index (χ1v) is 10.5. The van der Waals surface area contributed by atoms with E-state index in [2.05, 4.69) is 15.1 Å². The van der Waals surface area contributed by atoms with E-state index in [1.165, 1.54) is 12.1 Å². The lowest BCUT2D eigenvalue weighted by atomic mass is 9.97. The van der Waals surface area contributed by atoms with Gasteiger partial charge in [0.15, 0.2) is 6.04 Å². The molecule has 0 saturated carbocycles. The van der Waals surface area contributed by atoms with Crippen LogP contribution in [0.15, 0.2) is 58.0 Å². The van der Waals surface area contributed by atoms with E-state index in [4.69, 9.17) is 9.26 Å². The monoisotopic (exact) mass is 433 g/mol. The van der Waals surface area contributed by atoms with Gasteiger partial charge in [-0.2, -0.15) is 4.98 Å². The number of hydrogen-bond acceptors (Lipinski definition) is 7. The molecule has 3 unspecified atom stereocenters. The van der Waals surface area contributed by atoms with Gasteiger partial charge in [0.2, 0.25) is 5.82 Å².